The van der Waals surface area contributed by atoms with Crippen LogP contribution in [0.15, 0.2) is 6.07 Å². The number of hydrogen-bond acceptors (Lipinski definition) is 4. The quantitative estimate of drug-likeness (QED) is 0.205. The van der Waals surface area contributed by atoms with Crippen LogP contribution in [-0.2, 0) is 10.4 Å². The third-order valence-corrected chi connectivity index (χ3v) is 3.01. The fourth-order valence-corrected chi connectivity index (χ4v) is 1.53. The summed E-state index contributed by atoms with van der Waals surface area (Å²) in [5.41, 5.74) is 2.79. The van der Waals surface area contributed by atoms with E-state index in [1.807, 2.05) is 0 Å². The van der Waals surface area contributed by atoms with Crippen molar-refractivity contribution < 1.29 is 17.5 Å². The van der Waals surface area contributed by atoms with E-state index in [0.717, 1.165) is 0 Å². The number of rotatable bonds is 1. The van der Waals surface area contributed by atoms with Gasteiger partial charge >= 0.3 is 10.4 Å². The molecule has 0 saturated carbocycles. The van der Waals surface area contributed by atoms with Crippen LogP contribution in [0.5, 0.6) is 0 Å². The van der Waals surface area contributed by atoms with E-state index in [1.165, 1.54) is 6.07 Å². The van der Waals surface area contributed by atoms with Crippen molar-refractivity contribution in [1.82, 2.24) is 0 Å². The van der Waals surface area contributed by atoms with E-state index in [2.05, 4.69) is 5.43 Å². The summed E-state index contributed by atoms with van der Waals surface area (Å²) in [6.45, 7) is 0. The van der Waals surface area contributed by atoms with Crippen LogP contribution in [-0.4, -0.2) is 17.5 Å². The average molecular weight is 344 g/mol. The molecule has 98 valence electrons. The van der Waals surface area contributed by atoms with Crippen molar-refractivity contribution in [3.05, 3.63) is 26.2 Å². The van der Waals surface area contributed by atoms with Gasteiger partial charge in [-0.15, -0.1) is 0 Å². The van der Waals surface area contributed by atoms with Crippen molar-refractivity contribution >= 4 is 62.5 Å². The van der Waals surface area contributed by atoms with Gasteiger partial charge in [-0.05, 0) is 6.07 Å². The van der Waals surface area contributed by atoms with E-state index in [0.29, 0.717) is 10.7 Å². The Labute approximate surface area is 117 Å². The van der Waals surface area contributed by atoms with E-state index in [1.54, 1.807) is 0 Å². The Kier molecular flexibility index (Phi) is 6.82. The fraction of sp³-hybridized carbons (Fsp3) is 0. The van der Waals surface area contributed by atoms with E-state index in [9.17, 15) is 0 Å². The Balaban J connectivity index is 0.000000437. The van der Waals surface area contributed by atoms with Crippen LogP contribution in [0.4, 0.5) is 5.69 Å². The molecule has 0 aliphatic carbocycles. The predicted molar refractivity (Wildman–Crippen MR) is 68.5 cm³/mol. The molecule has 0 aliphatic rings. The Hall–Kier alpha value is 0.01000. The Morgan fingerprint density at radius 2 is 1.47 bits per heavy atom. The molecule has 1 aromatic carbocycles. The predicted octanol–water partition coefficient (Wildman–Crippen LogP) is 2.93. The molecule has 5 N–H and O–H groups in total. The van der Waals surface area contributed by atoms with Crippen LogP contribution in [0.1, 0.15) is 0 Å². The molecule has 1 rings (SSSR count). The first-order valence-electron chi connectivity index (χ1n) is 3.57. The minimum atomic E-state index is -4.67. The average Bonchev–Trinajstić information content (AvgIpc) is 2.18. The first-order valence-corrected chi connectivity index (χ1v) is 6.48. The van der Waals surface area contributed by atoms with Crippen LogP contribution < -0.4 is 11.3 Å². The zero-order valence-corrected chi connectivity index (χ0v) is 11.6. The molecule has 0 radical (unpaired) electrons. The second-order valence-corrected chi connectivity index (χ2v) is 4.88. The van der Waals surface area contributed by atoms with Crippen LogP contribution in [0.3, 0.4) is 0 Å². The van der Waals surface area contributed by atoms with Gasteiger partial charge in [0.15, 0.2) is 0 Å². The Morgan fingerprint density at radius 1 is 1.06 bits per heavy atom. The van der Waals surface area contributed by atoms with Crippen LogP contribution in [0.2, 0.25) is 20.1 Å². The first kappa shape index (κ1) is 17.0. The number of nitrogen functional groups attached to an aromatic ring is 1. The number of nitrogens with one attached hydrogen (secondary N) is 1. The summed E-state index contributed by atoms with van der Waals surface area (Å²) in [5, 5.41) is 0.980. The molecule has 11 heteroatoms. The van der Waals surface area contributed by atoms with E-state index < -0.39 is 10.4 Å². The lowest BCUT2D eigenvalue weighted by Crippen LogP contribution is -2.07. The molecule has 0 bridgehead atoms. The second kappa shape index (κ2) is 6.81. The smallest absolute Gasteiger partial charge is 0.323 e. The highest BCUT2D eigenvalue weighted by molar-refractivity contribution is 7.79. The fourth-order valence-electron chi connectivity index (χ4n) is 0.678. The summed E-state index contributed by atoms with van der Waals surface area (Å²) >= 11 is 22.9. The molecule has 6 nitrogen and oxygen atoms in total. The van der Waals surface area contributed by atoms with Crippen LogP contribution in [0, 0.1) is 0 Å². The molecule has 0 aromatic heterocycles. The van der Waals surface area contributed by atoms with Crippen LogP contribution in [0.25, 0.3) is 0 Å². The summed E-state index contributed by atoms with van der Waals surface area (Å²) in [6.07, 6.45) is 0. The van der Waals surface area contributed by atoms with E-state index in [4.69, 9.17) is 69.8 Å². The molecule has 0 saturated heterocycles. The van der Waals surface area contributed by atoms with Gasteiger partial charge in [0.1, 0.15) is 0 Å². The summed E-state index contributed by atoms with van der Waals surface area (Å²) in [6, 6.07) is 1.50. The number of anilines is 1. The lowest BCUT2D eigenvalue weighted by molar-refractivity contribution is 0.381. The lowest BCUT2D eigenvalue weighted by Gasteiger charge is -2.07. The summed E-state index contributed by atoms with van der Waals surface area (Å²) in [7, 11) is -4.67. The highest BCUT2D eigenvalue weighted by Crippen LogP contribution is 2.40. The minimum Gasteiger partial charge on any atom is -0.323 e. The molecular weight excluding hydrogens is 338 g/mol. The molecule has 0 fully saturated rings. The van der Waals surface area contributed by atoms with Gasteiger partial charge in [0.05, 0.1) is 25.8 Å². The van der Waals surface area contributed by atoms with Crippen molar-refractivity contribution in [1.29, 1.82) is 0 Å². The number of nitrogens with two attached hydrogens (primary N) is 1. The van der Waals surface area contributed by atoms with Gasteiger partial charge in [-0.3, -0.25) is 14.9 Å². The highest BCUT2D eigenvalue weighted by Gasteiger charge is 2.11. The van der Waals surface area contributed by atoms with Gasteiger partial charge in [0.2, 0.25) is 0 Å². The molecule has 0 unspecified atom stereocenters. The van der Waals surface area contributed by atoms with Gasteiger partial charge in [0.25, 0.3) is 0 Å². The summed E-state index contributed by atoms with van der Waals surface area (Å²) in [4.78, 5) is 0. The molecule has 0 amide bonds. The Bertz CT molecular complexity index is 499. The number of hydrazine groups is 1. The van der Waals surface area contributed by atoms with Gasteiger partial charge in [-0.25, -0.2) is 0 Å². The normalized spacial score (nSPS) is 10.5. The van der Waals surface area contributed by atoms with Crippen molar-refractivity contribution in [3.8, 4) is 0 Å². The number of halogens is 4. The zero-order chi connectivity index (χ0) is 13.8. The van der Waals surface area contributed by atoms with Crippen molar-refractivity contribution in [2.75, 3.05) is 5.43 Å². The standard InChI is InChI=1S/C6H4Cl4N2.H2O4S/c7-2-1-3(12-11)5(9)6(10)4(2)8;1-5(2,3)4/h1,12H,11H2;(H2,1,2,3,4). The maximum Gasteiger partial charge on any atom is 0.394 e. The van der Waals surface area contributed by atoms with Gasteiger partial charge < -0.3 is 5.43 Å². The SMILES string of the molecule is NNc1cc(Cl)c(Cl)c(Cl)c1Cl.O=S(=O)(O)O. The second-order valence-electron chi connectivity index (χ2n) is 2.44. The number of benzene rings is 1. The van der Waals surface area contributed by atoms with Crippen LogP contribution >= 0.6 is 46.4 Å². The van der Waals surface area contributed by atoms with E-state index >= 15 is 0 Å². The maximum atomic E-state index is 8.74. The summed E-state index contributed by atoms with van der Waals surface area (Å²) in [5.74, 6) is 5.14. The third kappa shape index (κ3) is 6.49. The summed E-state index contributed by atoms with van der Waals surface area (Å²) < 4.78 is 31.6. The largest absolute Gasteiger partial charge is 0.394 e. The van der Waals surface area contributed by atoms with Crippen molar-refractivity contribution in [2.45, 2.75) is 0 Å². The van der Waals surface area contributed by atoms with Gasteiger partial charge in [-0.1, -0.05) is 46.4 Å². The van der Waals surface area contributed by atoms with E-state index in [-0.39, 0.29) is 15.1 Å². The maximum absolute atomic E-state index is 8.74. The molecule has 1 aromatic rings. The monoisotopic (exact) mass is 342 g/mol. The zero-order valence-electron chi connectivity index (χ0n) is 7.79. The Morgan fingerprint density at radius 3 is 1.82 bits per heavy atom. The number of hydrogen-bond donors (Lipinski definition) is 4. The van der Waals surface area contributed by atoms with Crippen molar-refractivity contribution in [3.63, 3.8) is 0 Å². The van der Waals surface area contributed by atoms with Crippen molar-refractivity contribution in [2.24, 2.45) is 5.84 Å². The lowest BCUT2D eigenvalue weighted by atomic mass is 10.3. The minimum absolute atomic E-state index is 0.193. The molecular formula is C6H6Cl4N2O4S. The first-order chi connectivity index (χ1) is 7.57. The molecule has 0 aliphatic heterocycles. The topological polar surface area (TPSA) is 113 Å². The molecule has 0 heterocycles. The molecule has 17 heavy (non-hydrogen) atoms. The van der Waals surface area contributed by atoms with Gasteiger partial charge in [0, 0.05) is 0 Å². The highest BCUT2D eigenvalue weighted by atomic mass is 35.5. The van der Waals surface area contributed by atoms with Gasteiger partial charge in [-0.2, -0.15) is 8.42 Å². The molecule has 0 atom stereocenters. The molecule has 0 spiro atoms. The third-order valence-electron chi connectivity index (χ3n) is 1.26.